The first-order valence-corrected chi connectivity index (χ1v) is 8.69. The van der Waals surface area contributed by atoms with Gasteiger partial charge in [-0.1, -0.05) is 12.1 Å². The quantitative estimate of drug-likeness (QED) is 0.812. The number of morpholine rings is 1. The van der Waals surface area contributed by atoms with Crippen molar-refractivity contribution in [3.05, 3.63) is 29.8 Å². The molecule has 24 heavy (non-hydrogen) atoms. The largest absolute Gasteiger partial charge is 0.491 e. The molecule has 134 valence electrons. The number of nitrogens with zero attached hydrogens (tertiary/aromatic N) is 2. The molecule has 0 radical (unpaired) electrons. The molecule has 0 unspecified atom stereocenters. The minimum absolute atomic E-state index is 0.0973. The summed E-state index contributed by atoms with van der Waals surface area (Å²) in [7, 11) is 0. The minimum atomic E-state index is -0.623. The maximum absolute atomic E-state index is 12.1. The molecule has 0 saturated carbocycles. The Morgan fingerprint density at radius 3 is 2.58 bits per heavy atom. The molecule has 1 atom stereocenters. The molecule has 1 N–H and O–H groups in total. The second-order valence-corrected chi connectivity index (χ2v) is 6.75. The van der Waals surface area contributed by atoms with Gasteiger partial charge in [-0.3, -0.25) is 9.80 Å². The fraction of sp³-hybridized carbons (Fsp3) is 0.667. The standard InChI is InChI=1S/C18H27FN2O3/c19-6-10-24-17-3-1-16(2-4-17)13-21-7-5-18(22,15-21)14-20-8-11-23-12-9-20/h1-4,22H,5-15H2/t18-/m1/s1. The van der Waals surface area contributed by atoms with E-state index < -0.39 is 12.3 Å². The Hall–Kier alpha value is -1.21. The number of hydrogen-bond donors (Lipinski definition) is 1. The summed E-state index contributed by atoms with van der Waals surface area (Å²) in [4.78, 5) is 4.59. The Balaban J connectivity index is 1.48. The predicted octanol–water partition coefficient (Wildman–Crippen LogP) is 1.30. The van der Waals surface area contributed by atoms with E-state index in [4.69, 9.17) is 9.47 Å². The van der Waals surface area contributed by atoms with Crippen molar-refractivity contribution in [2.45, 2.75) is 18.6 Å². The fourth-order valence-corrected chi connectivity index (χ4v) is 3.49. The van der Waals surface area contributed by atoms with E-state index in [9.17, 15) is 9.50 Å². The van der Waals surface area contributed by atoms with Gasteiger partial charge in [0, 0.05) is 39.3 Å². The smallest absolute Gasteiger partial charge is 0.123 e. The Morgan fingerprint density at radius 2 is 1.88 bits per heavy atom. The maximum atomic E-state index is 12.1. The van der Waals surface area contributed by atoms with E-state index in [0.717, 1.165) is 52.4 Å². The topological polar surface area (TPSA) is 45.2 Å². The van der Waals surface area contributed by atoms with Crippen molar-refractivity contribution in [1.82, 2.24) is 9.80 Å². The lowest BCUT2D eigenvalue weighted by Gasteiger charge is -2.33. The minimum Gasteiger partial charge on any atom is -0.491 e. The van der Waals surface area contributed by atoms with E-state index in [-0.39, 0.29) is 6.61 Å². The molecule has 1 aromatic carbocycles. The summed E-state index contributed by atoms with van der Waals surface area (Å²) in [5, 5.41) is 10.9. The van der Waals surface area contributed by atoms with Crippen LogP contribution in [0.1, 0.15) is 12.0 Å². The lowest BCUT2D eigenvalue weighted by molar-refractivity contribution is -0.0266. The number of hydrogen-bond acceptors (Lipinski definition) is 5. The van der Waals surface area contributed by atoms with Crippen LogP contribution < -0.4 is 4.74 Å². The molecule has 6 heteroatoms. The number of β-amino-alcohol motifs (C(OH)–C–C–N with tert-alkyl or cyclic N) is 1. The van der Waals surface area contributed by atoms with Crippen LogP contribution in [0.25, 0.3) is 0 Å². The average molecular weight is 338 g/mol. The van der Waals surface area contributed by atoms with Crippen LogP contribution in [0, 0.1) is 0 Å². The summed E-state index contributed by atoms with van der Waals surface area (Å²) in [6, 6.07) is 7.77. The molecule has 3 rings (SSSR count). The molecule has 1 aromatic rings. The second-order valence-electron chi connectivity index (χ2n) is 6.75. The third-order valence-electron chi connectivity index (χ3n) is 4.71. The van der Waals surface area contributed by atoms with Gasteiger partial charge in [0.25, 0.3) is 0 Å². The van der Waals surface area contributed by atoms with E-state index >= 15 is 0 Å². The van der Waals surface area contributed by atoms with Gasteiger partial charge in [-0.15, -0.1) is 0 Å². The highest BCUT2D eigenvalue weighted by Crippen LogP contribution is 2.25. The maximum Gasteiger partial charge on any atom is 0.123 e. The summed E-state index contributed by atoms with van der Waals surface area (Å²) in [5.41, 5.74) is 0.555. The van der Waals surface area contributed by atoms with E-state index in [1.165, 1.54) is 5.56 Å². The monoisotopic (exact) mass is 338 g/mol. The van der Waals surface area contributed by atoms with Gasteiger partial charge in [-0.2, -0.15) is 0 Å². The van der Waals surface area contributed by atoms with Crippen LogP contribution in [0.15, 0.2) is 24.3 Å². The highest BCUT2D eigenvalue weighted by molar-refractivity contribution is 5.27. The van der Waals surface area contributed by atoms with Crippen LogP contribution >= 0.6 is 0 Å². The Labute approximate surface area is 143 Å². The molecule has 2 saturated heterocycles. The SMILES string of the molecule is O[C@@]1(CN2CCOCC2)CCN(Cc2ccc(OCCF)cc2)C1. The summed E-state index contributed by atoms with van der Waals surface area (Å²) in [6.45, 7) is 6.10. The van der Waals surface area contributed by atoms with Crippen LogP contribution in [-0.2, 0) is 11.3 Å². The van der Waals surface area contributed by atoms with Crippen LogP contribution in [0.3, 0.4) is 0 Å². The highest BCUT2D eigenvalue weighted by atomic mass is 19.1. The van der Waals surface area contributed by atoms with Gasteiger partial charge >= 0.3 is 0 Å². The van der Waals surface area contributed by atoms with Crippen molar-refractivity contribution >= 4 is 0 Å². The number of alkyl halides is 1. The van der Waals surface area contributed by atoms with Crippen molar-refractivity contribution in [2.75, 3.05) is 59.2 Å². The first-order valence-electron chi connectivity index (χ1n) is 8.69. The summed E-state index contributed by atoms with van der Waals surface area (Å²) in [6.07, 6.45) is 0.808. The van der Waals surface area contributed by atoms with Crippen molar-refractivity contribution < 1.29 is 19.0 Å². The molecule has 2 aliphatic heterocycles. The van der Waals surface area contributed by atoms with Crippen molar-refractivity contribution in [3.8, 4) is 5.75 Å². The first kappa shape index (κ1) is 17.6. The van der Waals surface area contributed by atoms with E-state index in [2.05, 4.69) is 9.80 Å². The van der Waals surface area contributed by atoms with E-state index in [0.29, 0.717) is 12.3 Å². The van der Waals surface area contributed by atoms with Gasteiger partial charge in [0.1, 0.15) is 19.0 Å². The number of ether oxygens (including phenoxy) is 2. The number of benzene rings is 1. The number of halogens is 1. The number of rotatable bonds is 7. The molecule has 2 aliphatic rings. The Kier molecular flexibility index (Phi) is 6.05. The lowest BCUT2D eigenvalue weighted by atomic mass is 10.0. The lowest BCUT2D eigenvalue weighted by Crippen LogP contribution is -2.48. The summed E-state index contributed by atoms with van der Waals surface area (Å²) in [5.74, 6) is 0.696. The van der Waals surface area contributed by atoms with Crippen molar-refractivity contribution in [1.29, 1.82) is 0 Å². The normalized spacial score (nSPS) is 25.9. The van der Waals surface area contributed by atoms with E-state index in [1.54, 1.807) is 0 Å². The molecule has 2 fully saturated rings. The van der Waals surface area contributed by atoms with Crippen molar-refractivity contribution in [3.63, 3.8) is 0 Å². The molecule has 0 aromatic heterocycles. The predicted molar refractivity (Wildman–Crippen MR) is 90.0 cm³/mol. The molecule has 5 nitrogen and oxygen atoms in total. The van der Waals surface area contributed by atoms with Gasteiger partial charge in [0.2, 0.25) is 0 Å². The summed E-state index contributed by atoms with van der Waals surface area (Å²) < 4.78 is 22.7. The molecule has 2 heterocycles. The Morgan fingerprint density at radius 1 is 1.12 bits per heavy atom. The molecule has 0 amide bonds. The van der Waals surface area contributed by atoms with Gasteiger partial charge < -0.3 is 14.6 Å². The van der Waals surface area contributed by atoms with Crippen LogP contribution in [0.2, 0.25) is 0 Å². The molecular formula is C18H27FN2O3. The van der Waals surface area contributed by atoms with Gasteiger partial charge in [-0.05, 0) is 24.1 Å². The third kappa shape index (κ3) is 4.89. The zero-order valence-electron chi connectivity index (χ0n) is 14.1. The zero-order chi connectivity index (χ0) is 16.8. The second kappa shape index (κ2) is 8.25. The van der Waals surface area contributed by atoms with Crippen LogP contribution in [0.5, 0.6) is 5.75 Å². The van der Waals surface area contributed by atoms with Gasteiger partial charge in [0.05, 0.1) is 18.8 Å². The Bertz CT molecular complexity index is 507. The van der Waals surface area contributed by atoms with Crippen molar-refractivity contribution in [2.24, 2.45) is 0 Å². The molecule has 0 aliphatic carbocycles. The summed E-state index contributed by atoms with van der Waals surface area (Å²) >= 11 is 0. The van der Waals surface area contributed by atoms with Crippen LogP contribution in [0.4, 0.5) is 4.39 Å². The van der Waals surface area contributed by atoms with Crippen LogP contribution in [-0.4, -0.2) is 79.7 Å². The highest BCUT2D eigenvalue weighted by Gasteiger charge is 2.37. The zero-order valence-corrected chi connectivity index (χ0v) is 14.1. The van der Waals surface area contributed by atoms with Gasteiger partial charge in [-0.25, -0.2) is 4.39 Å². The number of aliphatic hydroxyl groups is 1. The van der Waals surface area contributed by atoms with Gasteiger partial charge in [0.15, 0.2) is 0 Å². The molecule has 0 bridgehead atoms. The third-order valence-corrected chi connectivity index (χ3v) is 4.71. The average Bonchev–Trinajstić information content (AvgIpc) is 2.95. The molecule has 0 spiro atoms. The first-order chi connectivity index (χ1) is 11.7. The molecular weight excluding hydrogens is 311 g/mol. The number of likely N-dealkylation sites (tertiary alicyclic amines) is 1. The fourth-order valence-electron chi connectivity index (χ4n) is 3.49. The van der Waals surface area contributed by atoms with E-state index in [1.807, 2.05) is 24.3 Å².